The number of likely N-dealkylation sites (tertiary alicyclic amines) is 2. The molecule has 2 aliphatic heterocycles. The van der Waals surface area contributed by atoms with Gasteiger partial charge in [-0.15, -0.1) is 0 Å². The van der Waals surface area contributed by atoms with Crippen molar-refractivity contribution in [1.82, 2.24) is 9.80 Å². The summed E-state index contributed by atoms with van der Waals surface area (Å²) in [5.41, 5.74) is 6.01. The molecule has 2 heterocycles. The average Bonchev–Trinajstić information content (AvgIpc) is 2.53. The van der Waals surface area contributed by atoms with Gasteiger partial charge in [-0.3, -0.25) is 9.59 Å². The lowest BCUT2D eigenvalue weighted by atomic mass is 9.92. The number of nitrogens with two attached hydrogens (primary N) is 1. The van der Waals surface area contributed by atoms with Gasteiger partial charge in [0.05, 0.1) is 6.04 Å². The average molecular weight is 323 g/mol. The van der Waals surface area contributed by atoms with Crippen molar-refractivity contribution in [2.75, 3.05) is 26.2 Å². The van der Waals surface area contributed by atoms with Crippen molar-refractivity contribution in [1.29, 1.82) is 0 Å². The molecule has 0 aromatic carbocycles. The quantitative estimate of drug-likeness (QED) is 0.858. The molecule has 23 heavy (non-hydrogen) atoms. The van der Waals surface area contributed by atoms with Gasteiger partial charge < -0.3 is 15.5 Å². The third-order valence-corrected chi connectivity index (χ3v) is 5.29. The topological polar surface area (TPSA) is 66.6 Å². The van der Waals surface area contributed by atoms with E-state index in [1.54, 1.807) is 0 Å². The lowest BCUT2D eigenvalue weighted by molar-refractivity contribution is -0.142. The minimum absolute atomic E-state index is 0.0522. The highest BCUT2D eigenvalue weighted by Crippen LogP contribution is 2.24. The molecule has 0 spiro atoms. The molecular formula is C18H33N3O2. The first-order valence-corrected chi connectivity index (χ1v) is 9.21. The van der Waals surface area contributed by atoms with Gasteiger partial charge in [-0.2, -0.15) is 0 Å². The fourth-order valence-electron chi connectivity index (χ4n) is 3.68. The van der Waals surface area contributed by atoms with Gasteiger partial charge in [-0.25, -0.2) is 0 Å². The summed E-state index contributed by atoms with van der Waals surface area (Å²) in [4.78, 5) is 28.9. The van der Waals surface area contributed by atoms with Crippen molar-refractivity contribution in [3.8, 4) is 0 Å². The summed E-state index contributed by atoms with van der Waals surface area (Å²) < 4.78 is 0. The van der Waals surface area contributed by atoms with E-state index >= 15 is 0 Å². The molecule has 132 valence electrons. The Bertz CT molecular complexity index is 408. The van der Waals surface area contributed by atoms with E-state index in [0.29, 0.717) is 24.9 Å². The number of piperidine rings is 2. The van der Waals surface area contributed by atoms with Crippen molar-refractivity contribution in [2.45, 2.75) is 58.9 Å². The molecular weight excluding hydrogens is 290 g/mol. The normalized spacial score (nSPS) is 22.5. The van der Waals surface area contributed by atoms with Crippen molar-refractivity contribution in [3.05, 3.63) is 0 Å². The number of hydrogen-bond donors (Lipinski definition) is 1. The molecule has 2 saturated heterocycles. The molecule has 2 aliphatic rings. The monoisotopic (exact) mass is 323 g/mol. The van der Waals surface area contributed by atoms with Gasteiger partial charge >= 0.3 is 0 Å². The lowest BCUT2D eigenvalue weighted by Gasteiger charge is -2.37. The summed E-state index contributed by atoms with van der Waals surface area (Å²) in [7, 11) is 0. The highest BCUT2D eigenvalue weighted by atomic mass is 16.2. The Balaban J connectivity index is 1.79. The standard InChI is InChI=1S/C18H33N3O2/c1-13(2)12-16(19)18(23)21-10-6-15(7-11-21)17(22)20-8-4-14(3)5-9-20/h13-16H,4-12,19H2,1-3H3/t16-/m0/s1. The highest BCUT2D eigenvalue weighted by molar-refractivity contribution is 5.83. The van der Waals surface area contributed by atoms with E-state index in [1.165, 1.54) is 0 Å². The van der Waals surface area contributed by atoms with Gasteiger partial charge in [0.25, 0.3) is 0 Å². The maximum atomic E-state index is 12.6. The smallest absolute Gasteiger partial charge is 0.239 e. The molecule has 2 N–H and O–H groups in total. The Kier molecular flexibility index (Phi) is 6.45. The van der Waals surface area contributed by atoms with E-state index in [0.717, 1.165) is 51.1 Å². The number of rotatable bonds is 4. The van der Waals surface area contributed by atoms with Crippen molar-refractivity contribution in [2.24, 2.45) is 23.5 Å². The fraction of sp³-hybridized carbons (Fsp3) is 0.889. The first-order chi connectivity index (χ1) is 10.9. The van der Waals surface area contributed by atoms with Crippen LogP contribution in [0.1, 0.15) is 52.9 Å². The molecule has 2 rings (SSSR count). The molecule has 0 aromatic rings. The van der Waals surface area contributed by atoms with Crippen LogP contribution < -0.4 is 5.73 Å². The van der Waals surface area contributed by atoms with Gasteiger partial charge in [-0.1, -0.05) is 20.8 Å². The Morgan fingerprint density at radius 2 is 1.52 bits per heavy atom. The van der Waals surface area contributed by atoms with Crippen LogP contribution in [0, 0.1) is 17.8 Å². The van der Waals surface area contributed by atoms with Gasteiger partial charge in [0, 0.05) is 32.1 Å². The number of carbonyl (C=O) groups is 2. The van der Waals surface area contributed by atoms with E-state index in [2.05, 4.69) is 20.8 Å². The molecule has 0 aliphatic carbocycles. The predicted molar refractivity (Wildman–Crippen MR) is 91.7 cm³/mol. The highest BCUT2D eigenvalue weighted by Gasteiger charge is 2.32. The SMILES string of the molecule is CC(C)C[C@H](N)C(=O)N1CCC(C(=O)N2CCC(C)CC2)CC1. The first kappa shape index (κ1) is 18.2. The van der Waals surface area contributed by atoms with E-state index in [-0.39, 0.29) is 11.8 Å². The molecule has 0 bridgehead atoms. The minimum atomic E-state index is -0.397. The third-order valence-electron chi connectivity index (χ3n) is 5.29. The van der Waals surface area contributed by atoms with Crippen molar-refractivity contribution in [3.63, 3.8) is 0 Å². The maximum Gasteiger partial charge on any atom is 0.239 e. The van der Waals surface area contributed by atoms with E-state index in [4.69, 9.17) is 5.73 Å². The van der Waals surface area contributed by atoms with E-state index in [1.807, 2.05) is 9.80 Å². The van der Waals surface area contributed by atoms with E-state index < -0.39 is 6.04 Å². The summed E-state index contributed by atoms with van der Waals surface area (Å²) in [6.45, 7) is 9.56. The number of nitrogens with zero attached hydrogens (tertiary/aromatic N) is 2. The number of hydrogen-bond acceptors (Lipinski definition) is 3. The summed E-state index contributed by atoms with van der Waals surface area (Å²) in [5.74, 6) is 1.61. The van der Waals surface area contributed by atoms with Crippen LogP contribution in [0.2, 0.25) is 0 Å². The Morgan fingerprint density at radius 3 is 2.04 bits per heavy atom. The van der Waals surface area contributed by atoms with Crippen LogP contribution in [0.5, 0.6) is 0 Å². The fourth-order valence-corrected chi connectivity index (χ4v) is 3.68. The molecule has 0 unspecified atom stereocenters. The lowest BCUT2D eigenvalue weighted by Crippen LogP contribution is -2.50. The molecule has 2 amide bonds. The summed E-state index contributed by atoms with van der Waals surface area (Å²) in [5, 5.41) is 0. The Labute approximate surface area is 140 Å². The Hall–Kier alpha value is -1.10. The van der Waals surface area contributed by atoms with Crippen molar-refractivity contribution >= 4 is 11.8 Å². The largest absolute Gasteiger partial charge is 0.342 e. The third kappa shape index (κ3) is 4.93. The molecule has 2 fully saturated rings. The van der Waals surface area contributed by atoms with E-state index in [9.17, 15) is 9.59 Å². The molecule has 5 nitrogen and oxygen atoms in total. The van der Waals surface area contributed by atoms with Crippen LogP contribution in [0.15, 0.2) is 0 Å². The van der Waals surface area contributed by atoms with Gasteiger partial charge in [0.1, 0.15) is 0 Å². The molecule has 0 saturated carbocycles. The first-order valence-electron chi connectivity index (χ1n) is 9.21. The summed E-state index contributed by atoms with van der Waals surface area (Å²) in [6, 6.07) is -0.397. The second-order valence-corrected chi connectivity index (χ2v) is 7.84. The Morgan fingerprint density at radius 1 is 1.00 bits per heavy atom. The number of carbonyl (C=O) groups excluding carboxylic acids is 2. The molecule has 0 aromatic heterocycles. The van der Waals surface area contributed by atoms with Gasteiger partial charge in [0.15, 0.2) is 0 Å². The zero-order valence-electron chi connectivity index (χ0n) is 15.0. The van der Waals surface area contributed by atoms with Crippen LogP contribution in [0.4, 0.5) is 0 Å². The summed E-state index contributed by atoms with van der Waals surface area (Å²) in [6.07, 6.45) is 4.53. The van der Waals surface area contributed by atoms with Crippen LogP contribution >= 0.6 is 0 Å². The van der Waals surface area contributed by atoms with Crippen LogP contribution in [-0.2, 0) is 9.59 Å². The minimum Gasteiger partial charge on any atom is -0.342 e. The van der Waals surface area contributed by atoms with Crippen LogP contribution in [-0.4, -0.2) is 53.8 Å². The maximum absolute atomic E-state index is 12.6. The van der Waals surface area contributed by atoms with Crippen LogP contribution in [0.3, 0.4) is 0 Å². The van der Waals surface area contributed by atoms with Gasteiger partial charge in [0.2, 0.25) is 11.8 Å². The zero-order valence-corrected chi connectivity index (χ0v) is 15.0. The molecule has 0 radical (unpaired) electrons. The molecule has 1 atom stereocenters. The van der Waals surface area contributed by atoms with Crippen LogP contribution in [0.25, 0.3) is 0 Å². The van der Waals surface area contributed by atoms with Crippen molar-refractivity contribution < 1.29 is 9.59 Å². The number of amides is 2. The second kappa shape index (κ2) is 8.13. The molecule has 5 heteroatoms. The zero-order chi connectivity index (χ0) is 17.0. The predicted octanol–water partition coefficient (Wildman–Crippen LogP) is 1.86. The summed E-state index contributed by atoms with van der Waals surface area (Å²) >= 11 is 0. The van der Waals surface area contributed by atoms with Gasteiger partial charge in [-0.05, 0) is 43.9 Å². The second-order valence-electron chi connectivity index (χ2n) is 7.84.